The van der Waals surface area contributed by atoms with Gasteiger partial charge in [-0.1, -0.05) is 6.07 Å². The topological polar surface area (TPSA) is 59.3 Å². The van der Waals surface area contributed by atoms with E-state index in [2.05, 4.69) is 11.4 Å². The molecule has 1 aromatic carbocycles. The van der Waals surface area contributed by atoms with Crippen molar-refractivity contribution in [3.63, 3.8) is 0 Å². The van der Waals surface area contributed by atoms with Crippen LogP contribution in [-0.4, -0.2) is 25.2 Å². The van der Waals surface area contributed by atoms with Crippen LogP contribution in [0.15, 0.2) is 18.2 Å². The Labute approximate surface area is 109 Å². The number of phenolic OH excluding ortho intramolecular Hbond substituents is 1. The first kappa shape index (κ1) is 14.3. The summed E-state index contributed by atoms with van der Waals surface area (Å²) in [5.41, 5.74) is 1.80. The van der Waals surface area contributed by atoms with Crippen LogP contribution in [0.2, 0.25) is 0 Å². The molecule has 0 aliphatic heterocycles. The first-order valence-corrected chi connectivity index (χ1v) is 6.11. The summed E-state index contributed by atoms with van der Waals surface area (Å²) in [6, 6.07) is 8.03. The number of hydrogen-bond acceptors (Lipinski definition) is 4. The monoisotopic (exact) mass is 247 g/mol. The van der Waals surface area contributed by atoms with E-state index in [1.807, 2.05) is 45.0 Å². The first-order chi connectivity index (χ1) is 8.51. The summed E-state index contributed by atoms with van der Waals surface area (Å²) in [5.74, 6) is 0.283. The molecule has 2 unspecified atom stereocenters. The minimum atomic E-state index is 0.112. The average Bonchev–Trinajstić information content (AvgIpc) is 2.37. The van der Waals surface area contributed by atoms with E-state index in [1.165, 1.54) is 0 Å². The predicted octanol–water partition coefficient (Wildman–Crippen LogP) is 2.41. The zero-order valence-electron chi connectivity index (χ0n) is 11.4. The Morgan fingerprint density at radius 1 is 1.44 bits per heavy atom. The van der Waals surface area contributed by atoms with Crippen molar-refractivity contribution in [1.29, 1.82) is 5.26 Å². The summed E-state index contributed by atoms with van der Waals surface area (Å²) in [4.78, 5) is 2.00. The number of rotatable bonds is 5. The Morgan fingerprint density at radius 2 is 2.11 bits per heavy atom. The summed E-state index contributed by atoms with van der Waals surface area (Å²) >= 11 is 0. The van der Waals surface area contributed by atoms with Gasteiger partial charge in [-0.05, 0) is 27.0 Å². The van der Waals surface area contributed by atoms with Gasteiger partial charge in [0, 0.05) is 36.4 Å². The molecule has 0 heterocycles. The van der Waals surface area contributed by atoms with Gasteiger partial charge in [-0.25, -0.2) is 0 Å². The molecular formula is C14H21N3O. The number of nitrogens with one attached hydrogen (secondary N) is 1. The van der Waals surface area contributed by atoms with Crippen LogP contribution in [0, 0.1) is 11.3 Å². The third-order valence-corrected chi connectivity index (χ3v) is 3.37. The second-order valence-corrected chi connectivity index (χ2v) is 4.58. The molecule has 0 saturated heterocycles. The maximum atomic E-state index is 10.0. The number of nitriles is 1. The van der Waals surface area contributed by atoms with Crippen molar-refractivity contribution < 1.29 is 5.11 Å². The van der Waals surface area contributed by atoms with E-state index in [0.717, 1.165) is 11.3 Å². The van der Waals surface area contributed by atoms with Gasteiger partial charge in [0.2, 0.25) is 0 Å². The van der Waals surface area contributed by atoms with Crippen molar-refractivity contribution in [1.82, 2.24) is 5.32 Å². The second-order valence-electron chi connectivity index (χ2n) is 4.58. The fourth-order valence-electron chi connectivity index (χ4n) is 1.80. The van der Waals surface area contributed by atoms with Crippen LogP contribution in [0.25, 0.3) is 0 Å². The Hall–Kier alpha value is -1.73. The third-order valence-electron chi connectivity index (χ3n) is 3.37. The minimum Gasteiger partial charge on any atom is -0.508 e. The summed E-state index contributed by atoms with van der Waals surface area (Å²) in [7, 11) is 3.79. The number of nitrogens with zero attached hydrogens (tertiary/aromatic N) is 2. The van der Waals surface area contributed by atoms with E-state index < -0.39 is 0 Å². The van der Waals surface area contributed by atoms with Crippen LogP contribution >= 0.6 is 0 Å². The number of hydrogen-bond donors (Lipinski definition) is 2. The molecule has 0 amide bonds. The smallest absolute Gasteiger partial charge is 0.122 e. The minimum absolute atomic E-state index is 0.112. The van der Waals surface area contributed by atoms with Gasteiger partial charge in [0.05, 0.1) is 12.5 Å². The normalized spacial score (nSPS) is 13.7. The Kier molecular flexibility index (Phi) is 4.99. The lowest BCUT2D eigenvalue weighted by Gasteiger charge is -2.26. The van der Waals surface area contributed by atoms with Crippen molar-refractivity contribution in [3.8, 4) is 11.8 Å². The molecule has 4 nitrogen and oxygen atoms in total. The highest BCUT2D eigenvalue weighted by atomic mass is 16.3. The number of phenols is 1. The molecule has 0 aliphatic rings. The highest BCUT2D eigenvalue weighted by molar-refractivity contribution is 5.54. The number of anilines is 1. The van der Waals surface area contributed by atoms with Crippen molar-refractivity contribution >= 4 is 5.69 Å². The fraction of sp³-hybridized carbons (Fsp3) is 0.500. The largest absolute Gasteiger partial charge is 0.508 e. The molecule has 2 atom stereocenters. The van der Waals surface area contributed by atoms with E-state index >= 15 is 0 Å². The van der Waals surface area contributed by atoms with Crippen LogP contribution in [0.1, 0.15) is 31.9 Å². The standard InChI is InChI=1S/C14H21N3O/c1-10(7-8-15)17(4)12-5-6-13(11(2)16-3)14(18)9-12/h5-6,9-11,16,18H,7H2,1-4H3. The van der Waals surface area contributed by atoms with Gasteiger partial charge < -0.3 is 15.3 Å². The molecule has 0 aliphatic carbocycles. The molecule has 98 valence electrons. The van der Waals surface area contributed by atoms with E-state index in [9.17, 15) is 5.11 Å². The fourth-order valence-corrected chi connectivity index (χ4v) is 1.80. The zero-order chi connectivity index (χ0) is 13.7. The lowest BCUT2D eigenvalue weighted by Crippen LogP contribution is -2.28. The van der Waals surface area contributed by atoms with Crippen molar-refractivity contribution in [2.24, 2.45) is 0 Å². The van der Waals surface area contributed by atoms with Crippen molar-refractivity contribution in [2.45, 2.75) is 32.4 Å². The Balaban J connectivity index is 2.94. The third kappa shape index (κ3) is 3.14. The molecule has 0 bridgehead atoms. The van der Waals surface area contributed by atoms with Gasteiger partial charge in [0.1, 0.15) is 5.75 Å². The number of aromatic hydroxyl groups is 1. The molecule has 0 saturated carbocycles. The summed E-state index contributed by atoms with van der Waals surface area (Å²) in [6.45, 7) is 3.99. The first-order valence-electron chi connectivity index (χ1n) is 6.11. The van der Waals surface area contributed by atoms with E-state index in [4.69, 9.17) is 5.26 Å². The summed E-state index contributed by atoms with van der Waals surface area (Å²) < 4.78 is 0. The maximum absolute atomic E-state index is 10.0. The van der Waals surface area contributed by atoms with Gasteiger partial charge in [0.15, 0.2) is 0 Å². The number of benzene rings is 1. The molecule has 1 rings (SSSR count). The van der Waals surface area contributed by atoms with Crippen LogP contribution in [0.4, 0.5) is 5.69 Å². The molecule has 0 radical (unpaired) electrons. The zero-order valence-corrected chi connectivity index (χ0v) is 11.4. The lowest BCUT2D eigenvalue weighted by atomic mass is 10.1. The summed E-state index contributed by atoms with van der Waals surface area (Å²) in [6.07, 6.45) is 0.464. The highest BCUT2D eigenvalue weighted by Gasteiger charge is 2.13. The molecule has 0 aromatic heterocycles. The molecule has 18 heavy (non-hydrogen) atoms. The molecule has 4 heteroatoms. The van der Waals surface area contributed by atoms with Gasteiger partial charge in [-0.15, -0.1) is 0 Å². The van der Waals surface area contributed by atoms with Gasteiger partial charge in [0.25, 0.3) is 0 Å². The van der Waals surface area contributed by atoms with Crippen LogP contribution in [-0.2, 0) is 0 Å². The predicted molar refractivity (Wildman–Crippen MR) is 73.7 cm³/mol. The molecule has 1 aromatic rings. The van der Waals surface area contributed by atoms with Crippen LogP contribution in [0.3, 0.4) is 0 Å². The summed E-state index contributed by atoms with van der Waals surface area (Å²) in [5, 5.41) is 21.8. The Bertz CT molecular complexity index is 439. The van der Waals surface area contributed by atoms with Gasteiger partial charge >= 0.3 is 0 Å². The molecule has 2 N–H and O–H groups in total. The molecule has 0 spiro atoms. The Morgan fingerprint density at radius 3 is 2.61 bits per heavy atom. The van der Waals surface area contributed by atoms with Crippen molar-refractivity contribution in [2.75, 3.05) is 19.0 Å². The van der Waals surface area contributed by atoms with Crippen LogP contribution in [0.5, 0.6) is 5.75 Å². The second kappa shape index (κ2) is 6.27. The molecule has 0 fully saturated rings. The van der Waals surface area contributed by atoms with E-state index in [-0.39, 0.29) is 17.8 Å². The highest BCUT2D eigenvalue weighted by Crippen LogP contribution is 2.29. The van der Waals surface area contributed by atoms with Crippen molar-refractivity contribution in [3.05, 3.63) is 23.8 Å². The molecular weight excluding hydrogens is 226 g/mol. The van der Waals surface area contributed by atoms with Gasteiger partial charge in [-0.2, -0.15) is 5.26 Å². The van der Waals surface area contributed by atoms with E-state index in [0.29, 0.717) is 6.42 Å². The average molecular weight is 247 g/mol. The lowest BCUT2D eigenvalue weighted by molar-refractivity contribution is 0.457. The quantitative estimate of drug-likeness (QED) is 0.839. The van der Waals surface area contributed by atoms with Crippen LogP contribution < -0.4 is 10.2 Å². The van der Waals surface area contributed by atoms with E-state index in [1.54, 1.807) is 6.07 Å². The maximum Gasteiger partial charge on any atom is 0.122 e. The SMILES string of the molecule is CNC(C)c1ccc(N(C)C(C)CC#N)cc1O. The van der Waals surface area contributed by atoms with Gasteiger partial charge in [-0.3, -0.25) is 0 Å².